The van der Waals surface area contributed by atoms with Gasteiger partial charge in [0.05, 0.1) is 11.1 Å². The molecule has 2 N–H and O–H groups in total. The van der Waals surface area contributed by atoms with Crippen LogP contribution < -0.4 is 5.73 Å². The average molecular weight is 287 g/mol. The summed E-state index contributed by atoms with van der Waals surface area (Å²) >= 11 is 3.07. The smallest absolute Gasteiger partial charge is 0.137 e. The van der Waals surface area contributed by atoms with Crippen molar-refractivity contribution in [2.45, 2.75) is 12.5 Å². The van der Waals surface area contributed by atoms with Gasteiger partial charge in [0, 0.05) is 6.04 Å². The van der Waals surface area contributed by atoms with Gasteiger partial charge in [0.25, 0.3) is 0 Å². The van der Waals surface area contributed by atoms with E-state index >= 15 is 0 Å². The lowest BCUT2D eigenvalue weighted by Crippen LogP contribution is -2.12. The van der Waals surface area contributed by atoms with Gasteiger partial charge in [-0.25, -0.2) is 4.39 Å². The lowest BCUT2D eigenvalue weighted by atomic mass is 10.1. The van der Waals surface area contributed by atoms with Crippen molar-refractivity contribution in [2.24, 2.45) is 5.73 Å². The molecule has 0 aromatic heterocycles. The van der Waals surface area contributed by atoms with E-state index in [9.17, 15) is 8.78 Å². The Morgan fingerprint density at radius 3 is 2.64 bits per heavy atom. The maximum atomic E-state index is 13.0. The van der Waals surface area contributed by atoms with Crippen LogP contribution in [-0.2, 0) is 0 Å². The number of hydrogen-bond acceptors (Lipinski definition) is 1. The second kappa shape index (κ2) is 6.32. The summed E-state index contributed by atoms with van der Waals surface area (Å²) in [6.07, 6.45) is 0.210. The minimum absolute atomic E-state index is 0. The van der Waals surface area contributed by atoms with Gasteiger partial charge < -0.3 is 5.73 Å². The summed E-state index contributed by atoms with van der Waals surface area (Å²) in [6.45, 7) is -0.496. The van der Waals surface area contributed by atoms with Crippen LogP contribution >= 0.6 is 28.3 Å². The molecular weight excluding hydrogens is 275 g/mol. The molecule has 0 spiro atoms. The Labute approximate surface area is 96.2 Å². The van der Waals surface area contributed by atoms with Gasteiger partial charge in [-0.05, 0) is 34.0 Å². The summed E-state index contributed by atoms with van der Waals surface area (Å²) in [5.74, 6) is -0.369. The number of alkyl halides is 1. The first-order chi connectivity index (χ1) is 6.16. The highest BCUT2D eigenvalue weighted by Crippen LogP contribution is 2.26. The van der Waals surface area contributed by atoms with Crippen molar-refractivity contribution in [3.8, 4) is 0 Å². The molecule has 1 aromatic rings. The van der Waals surface area contributed by atoms with E-state index in [1.54, 1.807) is 12.1 Å². The van der Waals surface area contributed by atoms with Gasteiger partial charge in [-0.1, -0.05) is 12.1 Å². The van der Waals surface area contributed by atoms with Crippen LogP contribution in [0.5, 0.6) is 0 Å². The number of halogens is 4. The fraction of sp³-hybridized carbons (Fsp3) is 0.333. The van der Waals surface area contributed by atoms with Crippen LogP contribution in [0, 0.1) is 5.82 Å². The van der Waals surface area contributed by atoms with Crippen molar-refractivity contribution in [2.75, 3.05) is 6.67 Å². The monoisotopic (exact) mass is 285 g/mol. The van der Waals surface area contributed by atoms with Crippen LogP contribution in [0.4, 0.5) is 8.78 Å². The molecule has 1 nitrogen and oxygen atoms in total. The Kier molecular flexibility index (Phi) is 6.24. The first-order valence-corrected chi connectivity index (χ1v) is 4.71. The second-order valence-electron chi connectivity index (χ2n) is 2.73. The van der Waals surface area contributed by atoms with Gasteiger partial charge in [-0.3, -0.25) is 4.39 Å². The third-order valence-corrected chi connectivity index (χ3v) is 2.64. The zero-order valence-corrected chi connectivity index (χ0v) is 9.75. The molecule has 1 aromatic carbocycles. The average Bonchev–Trinajstić information content (AvgIpc) is 2.10. The zero-order chi connectivity index (χ0) is 9.84. The highest BCUT2D eigenvalue weighted by molar-refractivity contribution is 9.10. The molecule has 1 atom stereocenters. The minimum atomic E-state index is -0.496. The molecule has 0 amide bonds. The van der Waals surface area contributed by atoms with Crippen LogP contribution in [0.1, 0.15) is 18.0 Å². The van der Waals surface area contributed by atoms with Gasteiger partial charge in [-0.15, -0.1) is 12.4 Å². The van der Waals surface area contributed by atoms with Crippen LogP contribution in [0.2, 0.25) is 0 Å². The van der Waals surface area contributed by atoms with E-state index < -0.39 is 12.7 Å². The fourth-order valence-corrected chi connectivity index (χ4v) is 1.64. The molecule has 80 valence electrons. The van der Waals surface area contributed by atoms with E-state index in [1.807, 2.05) is 0 Å². The molecule has 0 heterocycles. The zero-order valence-electron chi connectivity index (χ0n) is 7.34. The Morgan fingerprint density at radius 1 is 1.43 bits per heavy atom. The maximum absolute atomic E-state index is 13.0. The van der Waals surface area contributed by atoms with Gasteiger partial charge in [-0.2, -0.15) is 0 Å². The minimum Gasteiger partial charge on any atom is -0.324 e. The molecular formula is C9H11BrClF2N. The molecule has 1 rings (SSSR count). The number of hydrogen-bond donors (Lipinski definition) is 1. The van der Waals surface area contributed by atoms with E-state index in [0.29, 0.717) is 10.0 Å². The van der Waals surface area contributed by atoms with Gasteiger partial charge >= 0.3 is 0 Å². The van der Waals surface area contributed by atoms with E-state index in [1.165, 1.54) is 6.07 Å². The lowest BCUT2D eigenvalue weighted by Gasteiger charge is -2.11. The van der Waals surface area contributed by atoms with Crippen molar-refractivity contribution in [3.63, 3.8) is 0 Å². The molecule has 0 aliphatic heterocycles. The van der Waals surface area contributed by atoms with E-state index in [-0.39, 0.29) is 24.6 Å². The van der Waals surface area contributed by atoms with E-state index in [2.05, 4.69) is 15.9 Å². The first-order valence-electron chi connectivity index (χ1n) is 3.92. The third-order valence-electron chi connectivity index (χ3n) is 1.80. The summed E-state index contributed by atoms with van der Waals surface area (Å²) in [6, 6.07) is 4.13. The summed E-state index contributed by atoms with van der Waals surface area (Å²) < 4.78 is 25.3. The molecule has 0 saturated heterocycles. The maximum Gasteiger partial charge on any atom is 0.137 e. The third kappa shape index (κ3) is 3.19. The molecule has 14 heavy (non-hydrogen) atoms. The second-order valence-corrected chi connectivity index (χ2v) is 3.52. The Balaban J connectivity index is 0.00000169. The molecule has 0 bridgehead atoms. The molecule has 0 aliphatic carbocycles. The van der Waals surface area contributed by atoms with Gasteiger partial charge in [0.15, 0.2) is 0 Å². The Bertz CT molecular complexity index is 296. The fourth-order valence-electron chi connectivity index (χ4n) is 1.08. The largest absolute Gasteiger partial charge is 0.324 e. The summed E-state index contributed by atoms with van der Waals surface area (Å²) in [7, 11) is 0. The Hall–Kier alpha value is -0.190. The molecule has 0 saturated carbocycles. The number of nitrogens with two attached hydrogens (primary N) is 1. The number of rotatable bonds is 3. The van der Waals surface area contributed by atoms with Crippen LogP contribution in [-0.4, -0.2) is 6.67 Å². The van der Waals surface area contributed by atoms with E-state index in [4.69, 9.17) is 5.73 Å². The van der Waals surface area contributed by atoms with Crippen LogP contribution in [0.15, 0.2) is 22.7 Å². The quantitative estimate of drug-likeness (QED) is 0.906. The standard InChI is InChI=1S/C9H10BrF2N.ClH/c10-9-6(8(13)4-5-11)2-1-3-7(9)12;/h1-3,8H,4-5,13H2;1H/t8-;/m1./s1. The molecule has 0 fully saturated rings. The molecule has 0 unspecified atom stereocenters. The molecule has 0 radical (unpaired) electrons. The highest BCUT2D eigenvalue weighted by Gasteiger charge is 2.11. The topological polar surface area (TPSA) is 26.0 Å². The SMILES string of the molecule is Cl.N[C@H](CCF)c1cccc(F)c1Br. The van der Waals surface area contributed by atoms with Gasteiger partial charge in [0.1, 0.15) is 5.82 Å². The Morgan fingerprint density at radius 2 is 2.07 bits per heavy atom. The predicted octanol–water partition coefficient (Wildman–Crippen LogP) is 3.37. The molecule has 5 heteroatoms. The van der Waals surface area contributed by atoms with Crippen molar-refractivity contribution in [3.05, 3.63) is 34.1 Å². The summed E-state index contributed by atoms with van der Waals surface area (Å²) in [5, 5.41) is 0. The van der Waals surface area contributed by atoms with E-state index in [0.717, 1.165) is 0 Å². The first kappa shape index (κ1) is 13.8. The molecule has 0 aliphatic rings. The lowest BCUT2D eigenvalue weighted by molar-refractivity contribution is 0.440. The van der Waals surface area contributed by atoms with Crippen LogP contribution in [0.3, 0.4) is 0 Å². The van der Waals surface area contributed by atoms with Crippen molar-refractivity contribution < 1.29 is 8.78 Å². The summed E-state index contributed by atoms with van der Waals surface area (Å²) in [4.78, 5) is 0. The van der Waals surface area contributed by atoms with Crippen molar-refractivity contribution >= 4 is 28.3 Å². The normalized spacial score (nSPS) is 12.0. The predicted molar refractivity (Wildman–Crippen MR) is 58.9 cm³/mol. The summed E-state index contributed by atoms with van der Waals surface area (Å²) in [5.41, 5.74) is 6.25. The van der Waals surface area contributed by atoms with Gasteiger partial charge in [0.2, 0.25) is 0 Å². The number of benzene rings is 1. The van der Waals surface area contributed by atoms with Crippen molar-refractivity contribution in [1.29, 1.82) is 0 Å². The van der Waals surface area contributed by atoms with Crippen molar-refractivity contribution in [1.82, 2.24) is 0 Å². The highest BCUT2D eigenvalue weighted by atomic mass is 79.9. The van der Waals surface area contributed by atoms with Crippen LogP contribution in [0.25, 0.3) is 0 Å².